The summed E-state index contributed by atoms with van der Waals surface area (Å²) >= 11 is 0. The van der Waals surface area contributed by atoms with Crippen molar-refractivity contribution in [3.8, 4) is 11.8 Å². The number of esters is 1. The topological polar surface area (TPSA) is 274 Å². The number of carbonyl (C=O) groups is 3. The van der Waals surface area contributed by atoms with E-state index in [0.29, 0.717) is 30.3 Å². The first-order valence-electron chi connectivity index (χ1n) is 27.0. The molecule has 0 amide bonds. The van der Waals surface area contributed by atoms with E-state index in [4.69, 9.17) is 16.2 Å². The van der Waals surface area contributed by atoms with Crippen LogP contribution in [0.4, 0.5) is 0 Å². The highest BCUT2D eigenvalue weighted by molar-refractivity contribution is 6.00. The number of nitrogens with one attached hydrogen (secondary N) is 2. The minimum Gasteiger partial charge on any atom is -0.465 e. The molecule has 392 valence electrons. The van der Waals surface area contributed by atoms with E-state index in [2.05, 4.69) is 59.2 Å². The first-order valence-corrected chi connectivity index (χ1v) is 27.0. The third-order valence-corrected chi connectivity index (χ3v) is 20.9. The Kier molecular flexibility index (Phi) is 13.4. The second kappa shape index (κ2) is 18.8. The standard InChI is InChI=1S/C57H79N5O10/c1-28-9-10-31-21-32-11-12-36-35(38-27-72-52(69)46(38)34-14-17-60-25-34)8-6-7-33-23-57(71)48-39(54(4)24-43(66)42(65)22-40(54)50(68)49(48)62-41(26-63)30(3)64)13-15-56(57,16-18-61-53(58)59)51(33)55(5,70)44(67)20-29(2)45(32)47(36)37(31)19-28/h11-12,14,17,21,25,28-29,32-33,35-47,51,60,62-63,65-67,70-71H,7,9-10,13,15-16,18-20,22-24,26-27H2,1-5H3,(H4,58,59,61)/t28-,29+,32-,33-,35-,36-,37-,38-,39-,40-,41-,42+,43-,44+,45+,46-,47+,51+,54+,55-,56-,57+/m0/s1. The fraction of sp³-hybridized carbons (Fsp3) is 0.719. The van der Waals surface area contributed by atoms with Crippen LogP contribution >= 0.6 is 0 Å². The molecule has 72 heavy (non-hydrogen) atoms. The molecule has 9 aliphatic rings. The molecule has 0 radical (unpaired) electrons. The highest BCUT2D eigenvalue weighted by Gasteiger charge is 2.74. The highest BCUT2D eigenvalue weighted by Crippen LogP contribution is 2.72. The molecule has 4 bridgehead atoms. The lowest BCUT2D eigenvalue weighted by Gasteiger charge is -2.62. The van der Waals surface area contributed by atoms with E-state index >= 15 is 4.79 Å². The largest absolute Gasteiger partial charge is 0.465 e. The Morgan fingerprint density at radius 2 is 1.81 bits per heavy atom. The monoisotopic (exact) mass is 994 g/mol. The van der Waals surface area contributed by atoms with Gasteiger partial charge < -0.3 is 57.1 Å². The van der Waals surface area contributed by atoms with Crippen LogP contribution in [0.3, 0.4) is 0 Å². The van der Waals surface area contributed by atoms with Crippen molar-refractivity contribution in [2.24, 2.45) is 104 Å². The number of aromatic amines is 1. The summed E-state index contributed by atoms with van der Waals surface area (Å²) in [5.74, 6) is 3.41. The molecule has 5 fully saturated rings. The number of ketones is 2. The van der Waals surface area contributed by atoms with Crippen LogP contribution in [-0.2, 0) is 19.1 Å². The van der Waals surface area contributed by atoms with Crippen molar-refractivity contribution in [1.29, 1.82) is 0 Å². The number of rotatable bonds is 9. The molecular weight excluding hydrogens is 915 g/mol. The molecule has 8 aliphatic carbocycles. The van der Waals surface area contributed by atoms with E-state index in [1.54, 1.807) is 6.92 Å². The van der Waals surface area contributed by atoms with Gasteiger partial charge in [-0.25, -0.2) is 0 Å². The second-order valence-electron chi connectivity index (χ2n) is 24.7. The Hall–Kier alpha value is -4.30. The van der Waals surface area contributed by atoms with E-state index in [1.807, 2.05) is 25.4 Å². The Labute approximate surface area is 423 Å². The zero-order valence-electron chi connectivity index (χ0n) is 42.7. The number of nitrogens with zero attached hydrogens (tertiary/aromatic N) is 1. The van der Waals surface area contributed by atoms with Crippen molar-refractivity contribution in [2.45, 2.75) is 147 Å². The van der Waals surface area contributed by atoms with E-state index in [-0.39, 0.29) is 111 Å². The summed E-state index contributed by atoms with van der Waals surface area (Å²) in [5.41, 5.74) is 8.73. The van der Waals surface area contributed by atoms with Gasteiger partial charge in [-0.05, 0) is 154 Å². The van der Waals surface area contributed by atoms with Crippen molar-refractivity contribution in [2.75, 3.05) is 19.8 Å². The van der Waals surface area contributed by atoms with Crippen LogP contribution in [0.25, 0.3) is 0 Å². The lowest BCUT2D eigenvalue weighted by Crippen LogP contribution is -2.66. The zero-order valence-corrected chi connectivity index (χ0v) is 42.7. The third-order valence-electron chi connectivity index (χ3n) is 20.9. The number of guanidine groups is 1. The molecule has 10 rings (SSSR count). The van der Waals surface area contributed by atoms with Gasteiger partial charge >= 0.3 is 5.97 Å². The fourth-order valence-electron chi connectivity index (χ4n) is 17.7. The van der Waals surface area contributed by atoms with Crippen molar-refractivity contribution in [1.82, 2.24) is 10.3 Å². The number of hydrogen-bond donors (Lipinski definition) is 10. The molecule has 0 aromatic carbocycles. The highest BCUT2D eigenvalue weighted by atomic mass is 16.5. The molecule has 1 aliphatic heterocycles. The van der Waals surface area contributed by atoms with Crippen LogP contribution in [0.15, 0.2) is 58.5 Å². The Morgan fingerprint density at radius 3 is 2.51 bits per heavy atom. The Bertz CT molecular complexity index is 2490. The van der Waals surface area contributed by atoms with Crippen molar-refractivity contribution in [3.63, 3.8) is 0 Å². The summed E-state index contributed by atoms with van der Waals surface area (Å²) in [6, 6.07) is 0.752. The predicted molar refractivity (Wildman–Crippen MR) is 269 cm³/mol. The van der Waals surface area contributed by atoms with Crippen molar-refractivity contribution in [3.05, 3.63) is 59.1 Å². The second-order valence-corrected chi connectivity index (χ2v) is 24.7. The lowest BCUT2D eigenvalue weighted by molar-refractivity contribution is -0.190. The average molecular weight is 994 g/mol. The van der Waals surface area contributed by atoms with E-state index < -0.39 is 94.1 Å². The number of Topliss-reactive ketones (excluding diaryl/α,β-unsaturated/α-hetero) is 2. The molecular formula is C57H79N5O10. The number of cyclic esters (lactones) is 1. The number of fused-ring (bicyclic) bond motifs is 8. The summed E-state index contributed by atoms with van der Waals surface area (Å²) in [4.78, 5) is 49.9. The number of allylic oxidation sites excluding steroid dienone is 5. The first-order chi connectivity index (χ1) is 34.2. The Morgan fingerprint density at radius 1 is 1.03 bits per heavy atom. The smallest absolute Gasteiger partial charge is 0.313 e. The van der Waals surface area contributed by atoms with Gasteiger partial charge in [-0.3, -0.25) is 19.4 Å². The van der Waals surface area contributed by atoms with Gasteiger partial charge in [0.2, 0.25) is 0 Å². The number of aliphatic imine (C=N–C) groups is 1. The summed E-state index contributed by atoms with van der Waals surface area (Å²) in [5, 5.41) is 77.0. The van der Waals surface area contributed by atoms with Gasteiger partial charge in [0.15, 0.2) is 17.5 Å². The van der Waals surface area contributed by atoms with Crippen LogP contribution < -0.4 is 16.8 Å². The predicted octanol–water partition coefficient (Wildman–Crippen LogP) is 3.79. The number of carbonyl (C=O) groups excluding carboxylic acids is 3. The molecule has 4 saturated carbocycles. The Balaban J connectivity index is 1.17. The number of aliphatic hydroxyl groups is 6. The van der Waals surface area contributed by atoms with Gasteiger partial charge in [0, 0.05) is 54.4 Å². The van der Waals surface area contributed by atoms with Gasteiger partial charge in [-0.15, -0.1) is 5.92 Å². The molecule has 1 aromatic rings. The van der Waals surface area contributed by atoms with Crippen LogP contribution in [0.5, 0.6) is 0 Å². The fourth-order valence-corrected chi connectivity index (χ4v) is 17.7. The average Bonchev–Trinajstić information content (AvgIpc) is 4.05. The first kappa shape index (κ1) is 51.2. The number of ether oxygens (including phenoxy) is 1. The van der Waals surface area contributed by atoms with Crippen molar-refractivity contribution < 1.29 is 49.8 Å². The van der Waals surface area contributed by atoms with Crippen molar-refractivity contribution >= 4 is 23.5 Å². The normalized spacial score (nSPS) is 46.7. The molecule has 15 heteroatoms. The number of aliphatic hydroxyl groups excluding tert-OH is 4. The van der Waals surface area contributed by atoms with Crippen LogP contribution in [0.2, 0.25) is 0 Å². The van der Waals surface area contributed by atoms with Crippen LogP contribution in [0, 0.1) is 99.6 Å². The zero-order chi connectivity index (χ0) is 51.4. The summed E-state index contributed by atoms with van der Waals surface area (Å²) in [6.07, 6.45) is 11.9. The molecule has 0 unspecified atom stereocenters. The lowest BCUT2D eigenvalue weighted by atomic mass is 9.44. The maximum absolute atomic E-state index is 15.3. The van der Waals surface area contributed by atoms with E-state index in [1.165, 1.54) is 12.5 Å². The van der Waals surface area contributed by atoms with Crippen LogP contribution in [0.1, 0.15) is 117 Å². The maximum Gasteiger partial charge on any atom is 0.313 e. The maximum atomic E-state index is 15.3. The number of aromatic nitrogens is 1. The summed E-state index contributed by atoms with van der Waals surface area (Å²) < 4.78 is 5.98. The number of nitrogens with two attached hydrogens (primary N) is 2. The summed E-state index contributed by atoms with van der Waals surface area (Å²) in [7, 11) is 0. The minimum atomic E-state index is -1.90. The summed E-state index contributed by atoms with van der Waals surface area (Å²) in [6.45, 7) is 9.14. The molecule has 12 N–H and O–H groups in total. The molecule has 0 spiro atoms. The number of hydrogen-bond acceptors (Lipinski definition) is 12. The molecule has 22 atom stereocenters. The van der Waals surface area contributed by atoms with Gasteiger partial charge in [-0.1, -0.05) is 50.5 Å². The third kappa shape index (κ3) is 7.98. The quantitative estimate of drug-likeness (QED) is 0.0556. The SMILES string of the molecule is CC(=O)[C@H](CO)NC1=C2[C@H](CC[C@]3(CCN=C(N)N)[C@@H]4[C@@H](CC#C[C@H]([C@@H]5COC(=O)[C@H]5c5cc[nH]c5)[C@@H]5C=C[C@H]6C=C7CC[C@H](C)C[C@@H]7[C@@H]5[C@@H]6[C@H](C)C[C@@H](O)[C@]4(C)O)C[C@@]23O)[C@@]2(C)C[C@H](O)[C@H](O)C[C@H]2C1=O. The van der Waals surface area contributed by atoms with Gasteiger partial charge in [-0.2, -0.15) is 0 Å². The molecule has 1 aromatic heterocycles. The van der Waals surface area contributed by atoms with E-state index in [0.717, 1.165) is 24.8 Å². The molecule has 2 heterocycles. The minimum absolute atomic E-state index is 0.0121. The number of H-pyrrole nitrogens is 1. The molecule has 1 saturated heterocycles. The van der Waals surface area contributed by atoms with Gasteiger partial charge in [0.1, 0.15) is 6.04 Å². The van der Waals surface area contributed by atoms with Gasteiger partial charge in [0.05, 0.1) is 54.3 Å². The van der Waals surface area contributed by atoms with Crippen LogP contribution in [-0.4, -0.2) is 114 Å². The van der Waals surface area contributed by atoms with Gasteiger partial charge in [0.25, 0.3) is 0 Å². The molecule has 15 nitrogen and oxygen atoms in total. The van der Waals surface area contributed by atoms with E-state index in [9.17, 15) is 40.2 Å².